The van der Waals surface area contributed by atoms with Crippen molar-refractivity contribution in [3.8, 4) is 11.1 Å². The monoisotopic (exact) mass is 396 g/mol. The van der Waals surface area contributed by atoms with Crippen molar-refractivity contribution >= 4 is 12.1 Å². The highest BCUT2D eigenvalue weighted by atomic mass is 16.5. The van der Waals surface area contributed by atoms with Crippen molar-refractivity contribution in [2.24, 2.45) is 10.6 Å². The maximum absolute atomic E-state index is 12.2. The Hall–Kier alpha value is -3.22. The molecule has 0 saturated heterocycles. The molecule has 2 aromatic carbocycles. The molecule has 3 rings (SSSR count). The van der Waals surface area contributed by atoms with Crippen molar-refractivity contribution in [3.05, 3.63) is 64.6 Å². The summed E-state index contributed by atoms with van der Waals surface area (Å²) >= 11 is 0. The molecule has 0 fully saturated rings. The number of esters is 1. The van der Waals surface area contributed by atoms with E-state index < -0.39 is 17.5 Å². The van der Waals surface area contributed by atoms with Crippen molar-refractivity contribution in [1.29, 1.82) is 0 Å². The first kappa shape index (κ1) is 20.5. The highest BCUT2D eigenvalue weighted by Crippen LogP contribution is 2.44. The molecule has 152 valence electrons. The minimum atomic E-state index is -0.950. The van der Waals surface area contributed by atoms with Crippen molar-refractivity contribution in [1.82, 2.24) is 5.32 Å². The number of fused-ring (bicyclic) bond motifs is 3. The predicted octanol–water partition coefficient (Wildman–Crippen LogP) is 3.86. The number of nitrogens with zero attached hydrogens (tertiary/aromatic N) is 1. The summed E-state index contributed by atoms with van der Waals surface area (Å²) in [4.78, 5) is 34.3. The molecular formula is C22H24N2O5. The number of rotatable bonds is 8. The van der Waals surface area contributed by atoms with Gasteiger partial charge in [0.25, 0.3) is 0 Å². The molecule has 1 amide bonds. The van der Waals surface area contributed by atoms with E-state index in [1.807, 2.05) is 24.3 Å². The summed E-state index contributed by atoms with van der Waals surface area (Å²) in [6.07, 6.45) is -0.595. The zero-order valence-corrected chi connectivity index (χ0v) is 16.5. The number of nitroso groups, excluding NO2 is 1. The van der Waals surface area contributed by atoms with Gasteiger partial charge in [-0.2, -0.15) is 4.91 Å². The lowest BCUT2D eigenvalue weighted by molar-refractivity contribution is -0.153. The van der Waals surface area contributed by atoms with Gasteiger partial charge in [0.1, 0.15) is 19.8 Å². The standard InChI is InChI=1S/C22H24N2O5/c1-22(2,20(25)28-12-11-24-27)14-23-21(26)29-13-19-17-9-5-3-7-15(17)16-8-4-6-10-18(16)19/h3-10,19H,11-14H2,1-2H3,(H,23,26). The van der Waals surface area contributed by atoms with Crippen LogP contribution in [0.4, 0.5) is 4.79 Å². The molecule has 0 heterocycles. The van der Waals surface area contributed by atoms with Gasteiger partial charge in [-0.15, -0.1) is 0 Å². The average molecular weight is 396 g/mol. The summed E-state index contributed by atoms with van der Waals surface area (Å²) in [5.74, 6) is -0.540. The Balaban J connectivity index is 1.56. The molecule has 0 saturated carbocycles. The maximum Gasteiger partial charge on any atom is 0.407 e. The molecule has 0 bridgehead atoms. The number of ether oxygens (including phenoxy) is 2. The lowest BCUT2D eigenvalue weighted by Gasteiger charge is -2.22. The van der Waals surface area contributed by atoms with Crippen LogP contribution in [-0.2, 0) is 14.3 Å². The van der Waals surface area contributed by atoms with Crippen LogP contribution in [0.2, 0.25) is 0 Å². The van der Waals surface area contributed by atoms with E-state index in [0.717, 1.165) is 22.3 Å². The smallest absolute Gasteiger partial charge is 0.407 e. The molecule has 0 aliphatic heterocycles. The van der Waals surface area contributed by atoms with E-state index in [9.17, 15) is 14.5 Å². The highest BCUT2D eigenvalue weighted by molar-refractivity contribution is 5.79. The molecule has 7 nitrogen and oxygen atoms in total. The number of carbonyl (C=O) groups is 2. The Morgan fingerprint density at radius 2 is 1.59 bits per heavy atom. The van der Waals surface area contributed by atoms with Crippen molar-refractivity contribution in [3.63, 3.8) is 0 Å². The zero-order valence-electron chi connectivity index (χ0n) is 16.5. The number of amides is 1. The summed E-state index contributed by atoms with van der Waals surface area (Å²) in [6, 6.07) is 16.2. The van der Waals surface area contributed by atoms with Gasteiger partial charge in [0, 0.05) is 12.5 Å². The second-order valence-corrected chi connectivity index (χ2v) is 7.55. The van der Waals surface area contributed by atoms with Crippen LogP contribution in [-0.4, -0.2) is 38.4 Å². The topological polar surface area (TPSA) is 94.1 Å². The third kappa shape index (κ3) is 4.62. The average Bonchev–Trinajstić information content (AvgIpc) is 3.05. The normalized spacial score (nSPS) is 12.6. The first-order valence-corrected chi connectivity index (χ1v) is 9.49. The molecule has 1 N–H and O–H groups in total. The van der Waals surface area contributed by atoms with Crippen molar-refractivity contribution in [2.75, 3.05) is 26.3 Å². The second kappa shape index (κ2) is 8.86. The summed E-state index contributed by atoms with van der Waals surface area (Å²) in [6.45, 7) is 3.38. The van der Waals surface area contributed by atoms with Crippen LogP contribution < -0.4 is 5.32 Å². The lowest BCUT2D eigenvalue weighted by Crippen LogP contribution is -2.40. The fourth-order valence-electron chi connectivity index (χ4n) is 3.39. The fourth-order valence-corrected chi connectivity index (χ4v) is 3.39. The van der Waals surface area contributed by atoms with E-state index in [4.69, 9.17) is 9.47 Å². The van der Waals surface area contributed by atoms with Crippen LogP contribution in [0.25, 0.3) is 11.1 Å². The molecular weight excluding hydrogens is 372 g/mol. The van der Waals surface area contributed by atoms with E-state index in [-0.39, 0.29) is 32.2 Å². The number of benzene rings is 2. The van der Waals surface area contributed by atoms with Crippen LogP contribution in [0, 0.1) is 10.3 Å². The Bertz CT molecular complexity index is 864. The minimum absolute atomic E-state index is 0.0260. The largest absolute Gasteiger partial charge is 0.463 e. The molecule has 0 atom stereocenters. The number of carbonyl (C=O) groups excluding carboxylic acids is 2. The van der Waals surface area contributed by atoms with Crippen LogP contribution in [0.15, 0.2) is 53.7 Å². The van der Waals surface area contributed by atoms with E-state index in [1.165, 1.54) is 0 Å². The summed E-state index contributed by atoms with van der Waals surface area (Å²) in [5, 5.41) is 5.26. The molecule has 0 unspecified atom stereocenters. The van der Waals surface area contributed by atoms with Gasteiger partial charge in [-0.3, -0.25) is 4.79 Å². The number of nitrogens with one attached hydrogen (secondary N) is 1. The third-order valence-electron chi connectivity index (χ3n) is 4.99. The third-order valence-corrected chi connectivity index (χ3v) is 4.99. The first-order valence-electron chi connectivity index (χ1n) is 9.49. The number of hydrogen-bond donors (Lipinski definition) is 1. The van der Waals surface area contributed by atoms with E-state index in [0.29, 0.717) is 0 Å². The Kier molecular flexibility index (Phi) is 6.26. The molecule has 0 spiro atoms. The Morgan fingerprint density at radius 3 is 2.17 bits per heavy atom. The second-order valence-electron chi connectivity index (χ2n) is 7.55. The van der Waals surface area contributed by atoms with Gasteiger partial charge in [0.15, 0.2) is 0 Å². The van der Waals surface area contributed by atoms with Gasteiger partial charge in [-0.25, -0.2) is 4.79 Å². The van der Waals surface area contributed by atoms with Crippen molar-refractivity contribution < 1.29 is 19.1 Å². The summed E-state index contributed by atoms with van der Waals surface area (Å²) in [5.41, 5.74) is 3.63. The van der Waals surface area contributed by atoms with Crippen LogP contribution >= 0.6 is 0 Å². The number of alkyl carbamates (subject to hydrolysis) is 1. The van der Waals surface area contributed by atoms with Crippen molar-refractivity contribution in [2.45, 2.75) is 19.8 Å². The van der Waals surface area contributed by atoms with Gasteiger partial charge in [-0.1, -0.05) is 53.7 Å². The molecule has 7 heteroatoms. The zero-order chi connectivity index (χ0) is 20.9. The predicted molar refractivity (Wildman–Crippen MR) is 108 cm³/mol. The fraction of sp³-hybridized carbons (Fsp3) is 0.364. The van der Waals surface area contributed by atoms with Gasteiger partial charge in [-0.05, 0) is 36.1 Å². The molecule has 29 heavy (non-hydrogen) atoms. The van der Waals surface area contributed by atoms with Gasteiger partial charge < -0.3 is 14.8 Å². The van der Waals surface area contributed by atoms with E-state index >= 15 is 0 Å². The molecule has 1 aliphatic carbocycles. The highest BCUT2D eigenvalue weighted by Gasteiger charge is 2.31. The minimum Gasteiger partial charge on any atom is -0.463 e. The molecule has 1 aliphatic rings. The SMILES string of the molecule is CC(C)(CNC(=O)OCC1c2ccccc2-c2ccccc21)C(=O)OCCN=O. The molecule has 0 aromatic heterocycles. The number of hydrogen-bond acceptors (Lipinski definition) is 6. The molecule has 0 radical (unpaired) electrons. The lowest BCUT2D eigenvalue weighted by atomic mass is 9.94. The van der Waals surface area contributed by atoms with Crippen LogP contribution in [0.3, 0.4) is 0 Å². The van der Waals surface area contributed by atoms with Gasteiger partial charge in [0.05, 0.1) is 5.41 Å². The van der Waals surface area contributed by atoms with Gasteiger partial charge >= 0.3 is 12.1 Å². The summed E-state index contributed by atoms with van der Waals surface area (Å²) in [7, 11) is 0. The first-order chi connectivity index (χ1) is 13.9. The van der Waals surface area contributed by atoms with Crippen LogP contribution in [0.1, 0.15) is 30.9 Å². The maximum atomic E-state index is 12.2. The van der Waals surface area contributed by atoms with Gasteiger partial charge in [0.2, 0.25) is 0 Å². The van der Waals surface area contributed by atoms with Crippen LogP contribution in [0.5, 0.6) is 0 Å². The molecule has 2 aromatic rings. The Labute approximate surface area is 169 Å². The van der Waals surface area contributed by atoms with E-state index in [1.54, 1.807) is 13.8 Å². The Morgan fingerprint density at radius 1 is 1.00 bits per heavy atom. The summed E-state index contributed by atoms with van der Waals surface area (Å²) < 4.78 is 10.4. The quantitative estimate of drug-likeness (QED) is 0.415. The van der Waals surface area contributed by atoms with E-state index in [2.05, 4.69) is 34.8 Å².